The van der Waals surface area contributed by atoms with Crippen LogP contribution in [-0.2, 0) is 24.2 Å². The largest absolute Gasteiger partial charge is 0.361 e. The van der Waals surface area contributed by atoms with Gasteiger partial charge in [-0.3, -0.25) is 9.69 Å². The maximum atomic E-state index is 12.4. The average molecular weight is 313 g/mol. The summed E-state index contributed by atoms with van der Waals surface area (Å²) in [4.78, 5) is 16.5. The van der Waals surface area contributed by atoms with Crippen LogP contribution in [0.2, 0.25) is 0 Å². The zero-order valence-electron chi connectivity index (χ0n) is 14.0. The molecule has 1 aromatic heterocycles. The molecule has 0 spiro atoms. The Morgan fingerprint density at radius 2 is 2.13 bits per heavy atom. The Kier molecular flexibility index (Phi) is 4.48. The lowest BCUT2D eigenvalue weighted by Crippen LogP contribution is -2.46. The minimum Gasteiger partial charge on any atom is -0.361 e. The summed E-state index contributed by atoms with van der Waals surface area (Å²) in [5.74, 6) is 0.690. The summed E-state index contributed by atoms with van der Waals surface area (Å²) in [5.41, 5.74) is 3.58. The lowest BCUT2D eigenvalue weighted by atomic mass is 9.94. The lowest BCUT2D eigenvalue weighted by molar-refractivity contribution is -0.130. The molecule has 0 radical (unpaired) electrons. The van der Waals surface area contributed by atoms with E-state index in [1.807, 2.05) is 20.0 Å². The molecule has 1 amide bonds. The number of benzene rings is 1. The van der Waals surface area contributed by atoms with Crippen LogP contribution in [0.5, 0.6) is 0 Å². The third-order valence-electron chi connectivity index (χ3n) is 4.53. The van der Waals surface area contributed by atoms with Crippen molar-refractivity contribution in [2.24, 2.45) is 0 Å². The zero-order chi connectivity index (χ0) is 16.4. The van der Waals surface area contributed by atoms with Crippen LogP contribution in [0.25, 0.3) is 0 Å². The van der Waals surface area contributed by atoms with Gasteiger partial charge in [0, 0.05) is 32.2 Å². The van der Waals surface area contributed by atoms with E-state index in [1.165, 1.54) is 11.1 Å². The van der Waals surface area contributed by atoms with Crippen molar-refractivity contribution in [1.29, 1.82) is 0 Å². The standard InChI is InChI=1S/C18H23N3O2/c1-13-8-17(23-19-13)10-18(22)21(3)12-16-9-14-6-4-5-7-15(14)11-20(16)2/h4-8,16H,9-12H2,1-3H3/t16-/m1/s1. The fourth-order valence-corrected chi connectivity index (χ4v) is 3.12. The first-order valence-corrected chi connectivity index (χ1v) is 7.96. The Morgan fingerprint density at radius 3 is 2.83 bits per heavy atom. The summed E-state index contributed by atoms with van der Waals surface area (Å²) in [5, 5.41) is 3.83. The van der Waals surface area contributed by atoms with E-state index >= 15 is 0 Å². The maximum absolute atomic E-state index is 12.4. The Labute approximate surface area is 136 Å². The first-order chi connectivity index (χ1) is 11.0. The summed E-state index contributed by atoms with van der Waals surface area (Å²) >= 11 is 0. The van der Waals surface area contributed by atoms with E-state index in [2.05, 4.69) is 41.4 Å². The van der Waals surface area contributed by atoms with E-state index in [0.29, 0.717) is 11.8 Å². The van der Waals surface area contributed by atoms with Crippen molar-refractivity contribution in [3.05, 3.63) is 52.9 Å². The van der Waals surface area contributed by atoms with Crippen molar-refractivity contribution in [3.8, 4) is 0 Å². The minimum atomic E-state index is 0.0633. The average Bonchev–Trinajstić information content (AvgIpc) is 2.93. The summed E-state index contributed by atoms with van der Waals surface area (Å²) in [7, 11) is 3.98. The smallest absolute Gasteiger partial charge is 0.230 e. The number of hydrogen-bond acceptors (Lipinski definition) is 4. The number of amides is 1. The number of likely N-dealkylation sites (N-methyl/N-ethyl adjacent to an activating group) is 2. The molecule has 122 valence electrons. The molecule has 2 heterocycles. The van der Waals surface area contributed by atoms with Gasteiger partial charge in [-0.15, -0.1) is 0 Å². The molecule has 1 aliphatic rings. The summed E-state index contributed by atoms with van der Waals surface area (Å²) in [6, 6.07) is 10.7. The minimum absolute atomic E-state index is 0.0633. The number of hydrogen-bond donors (Lipinski definition) is 0. The van der Waals surface area contributed by atoms with Crippen LogP contribution in [0.15, 0.2) is 34.9 Å². The highest BCUT2D eigenvalue weighted by atomic mass is 16.5. The highest BCUT2D eigenvalue weighted by Crippen LogP contribution is 2.22. The van der Waals surface area contributed by atoms with Crippen LogP contribution in [0.3, 0.4) is 0 Å². The SMILES string of the molecule is Cc1cc(CC(=O)N(C)C[C@H]2Cc3ccccc3CN2C)on1. The first-order valence-electron chi connectivity index (χ1n) is 7.96. The van der Waals surface area contributed by atoms with E-state index in [4.69, 9.17) is 4.52 Å². The Bertz CT molecular complexity index is 695. The summed E-state index contributed by atoms with van der Waals surface area (Å²) in [6.07, 6.45) is 1.25. The van der Waals surface area contributed by atoms with E-state index in [1.54, 1.807) is 4.90 Å². The molecule has 1 atom stereocenters. The van der Waals surface area contributed by atoms with Gasteiger partial charge in [0.25, 0.3) is 0 Å². The molecule has 1 aliphatic heterocycles. The number of nitrogens with zero attached hydrogens (tertiary/aromatic N) is 3. The molecule has 23 heavy (non-hydrogen) atoms. The topological polar surface area (TPSA) is 49.6 Å². The van der Waals surface area contributed by atoms with Crippen molar-refractivity contribution < 1.29 is 9.32 Å². The number of carbonyl (C=O) groups is 1. The molecule has 0 bridgehead atoms. The van der Waals surface area contributed by atoms with Gasteiger partial charge in [-0.25, -0.2) is 0 Å². The number of carbonyl (C=O) groups excluding carboxylic acids is 1. The number of fused-ring (bicyclic) bond motifs is 1. The quantitative estimate of drug-likeness (QED) is 0.867. The highest BCUT2D eigenvalue weighted by molar-refractivity contribution is 5.77. The molecule has 0 saturated carbocycles. The van der Waals surface area contributed by atoms with Gasteiger partial charge >= 0.3 is 0 Å². The van der Waals surface area contributed by atoms with Crippen molar-refractivity contribution in [3.63, 3.8) is 0 Å². The maximum Gasteiger partial charge on any atom is 0.230 e. The normalized spacial score (nSPS) is 17.8. The Morgan fingerprint density at radius 1 is 1.39 bits per heavy atom. The van der Waals surface area contributed by atoms with Gasteiger partial charge in [0.1, 0.15) is 5.76 Å². The fourth-order valence-electron chi connectivity index (χ4n) is 3.12. The zero-order valence-corrected chi connectivity index (χ0v) is 14.0. The van der Waals surface area contributed by atoms with Crippen molar-refractivity contribution in [2.45, 2.75) is 32.4 Å². The van der Waals surface area contributed by atoms with Gasteiger partial charge in [-0.1, -0.05) is 29.4 Å². The number of aryl methyl sites for hydroxylation is 1. The van der Waals surface area contributed by atoms with E-state index in [0.717, 1.165) is 25.2 Å². The van der Waals surface area contributed by atoms with Gasteiger partial charge in [0.15, 0.2) is 0 Å². The second kappa shape index (κ2) is 6.54. The molecule has 0 aliphatic carbocycles. The molecule has 2 aromatic rings. The van der Waals surface area contributed by atoms with Crippen LogP contribution in [0.1, 0.15) is 22.6 Å². The van der Waals surface area contributed by atoms with Gasteiger partial charge in [0.2, 0.25) is 5.91 Å². The summed E-state index contributed by atoms with van der Waals surface area (Å²) < 4.78 is 5.13. The van der Waals surface area contributed by atoms with Gasteiger partial charge < -0.3 is 9.42 Å². The molecule has 3 rings (SSSR count). The third kappa shape index (κ3) is 3.62. The molecular formula is C18H23N3O2. The molecule has 0 fully saturated rings. The third-order valence-corrected chi connectivity index (χ3v) is 4.53. The molecule has 0 unspecified atom stereocenters. The van der Waals surface area contributed by atoms with Gasteiger partial charge in [-0.05, 0) is 31.5 Å². The summed E-state index contributed by atoms with van der Waals surface area (Å²) in [6.45, 7) is 3.51. The molecule has 1 aromatic carbocycles. The predicted molar refractivity (Wildman–Crippen MR) is 88.0 cm³/mol. The van der Waals surface area contributed by atoms with E-state index in [-0.39, 0.29) is 12.3 Å². The molecular weight excluding hydrogens is 290 g/mol. The van der Waals surface area contributed by atoms with Crippen LogP contribution >= 0.6 is 0 Å². The van der Waals surface area contributed by atoms with Gasteiger partial charge in [0.05, 0.1) is 12.1 Å². The van der Waals surface area contributed by atoms with Crippen LogP contribution in [0, 0.1) is 6.92 Å². The van der Waals surface area contributed by atoms with Crippen molar-refractivity contribution in [1.82, 2.24) is 15.0 Å². The van der Waals surface area contributed by atoms with E-state index in [9.17, 15) is 4.79 Å². The van der Waals surface area contributed by atoms with Crippen LogP contribution in [0.4, 0.5) is 0 Å². The van der Waals surface area contributed by atoms with Crippen LogP contribution < -0.4 is 0 Å². The molecule has 5 heteroatoms. The van der Waals surface area contributed by atoms with Crippen molar-refractivity contribution in [2.75, 3.05) is 20.6 Å². The molecule has 5 nitrogen and oxygen atoms in total. The van der Waals surface area contributed by atoms with Crippen LogP contribution in [-0.4, -0.2) is 47.5 Å². The number of aromatic nitrogens is 1. The lowest BCUT2D eigenvalue weighted by Gasteiger charge is -2.36. The Balaban J connectivity index is 1.61. The van der Waals surface area contributed by atoms with E-state index < -0.39 is 0 Å². The first kappa shape index (κ1) is 15.7. The second-order valence-electron chi connectivity index (χ2n) is 6.43. The second-order valence-corrected chi connectivity index (χ2v) is 6.43. The molecule has 0 saturated heterocycles. The molecule has 0 N–H and O–H groups in total. The fraction of sp³-hybridized carbons (Fsp3) is 0.444. The monoisotopic (exact) mass is 313 g/mol. The predicted octanol–water partition coefficient (Wildman–Crippen LogP) is 2.04. The van der Waals surface area contributed by atoms with Crippen molar-refractivity contribution >= 4 is 5.91 Å². The number of rotatable bonds is 4. The Hall–Kier alpha value is -2.14. The highest BCUT2D eigenvalue weighted by Gasteiger charge is 2.25. The van der Waals surface area contributed by atoms with Gasteiger partial charge in [-0.2, -0.15) is 0 Å².